The van der Waals surface area contributed by atoms with E-state index in [4.69, 9.17) is 0 Å². The van der Waals surface area contributed by atoms with Crippen molar-refractivity contribution in [3.63, 3.8) is 0 Å². The average Bonchev–Trinajstić information content (AvgIpc) is 3.67. The van der Waals surface area contributed by atoms with E-state index in [9.17, 15) is 0 Å². The Bertz CT molecular complexity index is 2940. The smallest absolute Gasteiger partial charge is 0.0555 e. The van der Waals surface area contributed by atoms with Gasteiger partial charge in [0.25, 0.3) is 0 Å². The minimum atomic E-state index is 1.10. The second-order valence-electron chi connectivity index (χ2n) is 14.0. The SMILES string of the molecule is c1ccc(-c2ccc(-c3ccc(N(c4ccccc4-c4ccccc4-c4ccccc4-c4ccccc4)c4cccc5sc6ccccc6c45)cc3)cc2)cc1. The maximum atomic E-state index is 2.47. The van der Waals surface area contributed by atoms with Crippen LogP contribution in [-0.4, -0.2) is 0 Å². The summed E-state index contributed by atoms with van der Waals surface area (Å²) in [6, 6.07) is 81.3. The van der Waals surface area contributed by atoms with Crippen LogP contribution in [0.4, 0.5) is 17.1 Å². The van der Waals surface area contributed by atoms with Crippen LogP contribution in [0, 0.1) is 0 Å². The quantitative estimate of drug-likeness (QED) is 0.150. The molecule has 0 aliphatic heterocycles. The molecule has 0 bridgehead atoms. The van der Waals surface area contributed by atoms with Crippen LogP contribution in [0.2, 0.25) is 0 Å². The van der Waals surface area contributed by atoms with Crippen molar-refractivity contribution >= 4 is 48.6 Å². The summed E-state index contributed by atoms with van der Waals surface area (Å²) in [5.41, 5.74) is 15.4. The Morgan fingerprint density at radius 3 is 1.36 bits per heavy atom. The third-order valence-electron chi connectivity index (χ3n) is 10.7. The third-order valence-corrected chi connectivity index (χ3v) is 11.9. The maximum Gasteiger partial charge on any atom is 0.0555 e. The number of para-hydroxylation sites is 1. The molecule has 1 heterocycles. The predicted octanol–water partition coefficient (Wildman–Crippen LogP) is 15.9. The van der Waals surface area contributed by atoms with Gasteiger partial charge in [0.1, 0.15) is 0 Å². The van der Waals surface area contributed by atoms with Gasteiger partial charge in [-0.25, -0.2) is 0 Å². The Balaban J connectivity index is 1.15. The first-order chi connectivity index (χ1) is 27.8. The van der Waals surface area contributed by atoms with Gasteiger partial charge < -0.3 is 4.90 Å². The molecular weight excluding hydrogens is 695 g/mol. The van der Waals surface area contributed by atoms with E-state index in [0.717, 1.165) is 17.1 Å². The van der Waals surface area contributed by atoms with Crippen LogP contribution >= 0.6 is 11.3 Å². The molecule has 0 unspecified atom stereocenters. The molecule has 0 amide bonds. The van der Waals surface area contributed by atoms with Gasteiger partial charge in [-0.2, -0.15) is 0 Å². The van der Waals surface area contributed by atoms with E-state index < -0.39 is 0 Å². The van der Waals surface area contributed by atoms with E-state index in [0.29, 0.717) is 0 Å². The normalized spacial score (nSPS) is 11.2. The molecule has 0 aliphatic rings. The van der Waals surface area contributed by atoms with Crippen molar-refractivity contribution in [2.24, 2.45) is 0 Å². The number of benzene rings is 9. The summed E-state index contributed by atoms with van der Waals surface area (Å²) in [4.78, 5) is 2.47. The van der Waals surface area contributed by atoms with E-state index in [1.54, 1.807) is 0 Å². The largest absolute Gasteiger partial charge is 0.309 e. The maximum absolute atomic E-state index is 2.47. The monoisotopic (exact) mass is 731 g/mol. The number of fused-ring (bicyclic) bond motifs is 3. The number of hydrogen-bond acceptors (Lipinski definition) is 2. The molecule has 0 radical (unpaired) electrons. The molecule has 0 saturated carbocycles. The summed E-state index contributed by atoms with van der Waals surface area (Å²) in [6.07, 6.45) is 0. The Morgan fingerprint density at radius 1 is 0.268 bits per heavy atom. The van der Waals surface area contributed by atoms with Crippen molar-refractivity contribution in [3.05, 3.63) is 224 Å². The summed E-state index contributed by atoms with van der Waals surface area (Å²) >= 11 is 1.86. The molecule has 56 heavy (non-hydrogen) atoms. The van der Waals surface area contributed by atoms with Gasteiger partial charge >= 0.3 is 0 Å². The summed E-state index contributed by atoms with van der Waals surface area (Å²) in [7, 11) is 0. The van der Waals surface area contributed by atoms with Gasteiger partial charge in [0.05, 0.1) is 11.4 Å². The molecule has 264 valence electrons. The summed E-state index contributed by atoms with van der Waals surface area (Å²) < 4.78 is 2.57. The standard InChI is InChI=1S/C54H37NS/c1-3-16-38(17-4-1)39-30-32-40(33-31-39)41-34-36-43(37-35-41)55(51-27-15-29-53-54(51)49-25-12-14-28-52(49)56-53)50-26-13-11-24-48(50)47-23-10-9-22-46(47)45-21-8-7-20-44(45)42-18-5-2-6-19-42/h1-37H. The Morgan fingerprint density at radius 2 is 0.696 bits per heavy atom. The van der Waals surface area contributed by atoms with Gasteiger partial charge in [0, 0.05) is 31.4 Å². The fourth-order valence-electron chi connectivity index (χ4n) is 8.08. The van der Waals surface area contributed by atoms with Crippen LogP contribution in [0.1, 0.15) is 0 Å². The molecule has 10 aromatic rings. The van der Waals surface area contributed by atoms with Gasteiger partial charge in [-0.3, -0.25) is 0 Å². The topological polar surface area (TPSA) is 3.24 Å². The van der Waals surface area contributed by atoms with Gasteiger partial charge in [-0.1, -0.05) is 188 Å². The first kappa shape index (κ1) is 33.6. The van der Waals surface area contributed by atoms with Crippen molar-refractivity contribution in [2.45, 2.75) is 0 Å². The van der Waals surface area contributed by atoms with Crippen LogP contribution in [0.25, 0.3) is 75.8 Å². The molecule has 0 fully saturated rings. The van der Waals surface area contributed by atoms with Gasteiger partial charge in [-0.15, -0.1) is 11.3 Å². The van der Waals surface area contributed by atoms with Crippen LogP contribution < -0.4 is 4.90 Å². The third kappa shape index (κ3) is 6.17. The zero-order valence-corrected chi connectivity index (χ0v) is 31.5. The molecule has 0 saturated heterocycles. The highest BCUT2D eigenvalue weighted by atomic mass is 32.1. The van der Waals surface area contributed by atoms with Crippen LogP contribution in [-0.2, 0) is 0 Å². The molecule has 9 aromatic carbocycles. The number of anilines is 3. The van der Waals surface area contributed by atoms with Crippen molar-refractivity contribution in [2.75, 3.05) is 4.90 Å². The summed E-state index contributed by atoms with van der Waals surface area (Å²) in [6.45, 7) is 0. The second-order valence-corrected chi connectivity index (χ2v) is 15.1. The van der Waals surface area contributed by atoms with Crippen molar-refractivity contribution in [1.82, 2.24) is 0 Å². The second kappa shape index (κ2) is 14.7. The van der Waals surface area contributed by atoms with Gasteiger partial charge in [-0.05, 0) is 86.5 Å². The number of rotatable bonds is 8. The predicted molar refractivity (Wildman–Crippen MR) is 241 cm³/mol. The first-order valence-corrected chi connectivity index (χ1v) is 19.9. The molecule has 1 nitrogen and oxygen atoms in total. The molecule has 0 N–H and O–H groups in total. The van der Waals surface area contributed by atoms with Crippen LogP contribution in [0.5, 0.6) is 0 Å². The number of hydrogen-bond donors (Lipinski definition) is 0. The minimum absolute atomic E-state index is 1.10. The molecule has 0 spiro atoms. The molecule has 0 atom stereocenters. The van der Waals surface area contributed by atoms with Crippen LogP contribution in [0.3, 0.4) is 0 Å². The van der Waals surface area contributed by atoms with Crippen molar-refractivity contribution in [1.29, 1.82) is 0 Å². The number of nitrogens with zero attached hydrogens (tertiary/aromatic N) is 1. The molecular formula is C54H37NS. The van der Waals surface area contributed by atoms with Gasteiger partial charge in [0.15, 0.2) is 0 Å². The Kier molecular flexibility index (Phi) is 8.79. The average molecular weight is 732 g/mol. The molecule has 10 rings (SSSR count). The molecule has 1 aromatic heterocycles. The summed E-state index contributed by atoms with van der Waals surface area (Å²) in [5.74, 6) is 0. The van der Waals surface area contributed by atoms with E-state index in [2.05, 4.69) is 229 Å². The molecule has 0 aliphatic carbocycles. The van der Waals surface area contributed by atoms with Gasteiger partial charge in [0.2, 0.25) is 0 Å². The molecule has 2 heteroatoms. The first-order valence-electron chi connectivity index (χ1n) is 19.1. The fourth-order valence-corrected chi connectivity index (χ4v) is 9.20. The highest BCUT2D eigenvalue weighted by Crippen LogP contribution is 2.49. The van der Waals surface area contributed by atoms with Crippen LogP contribution in [0.15, 0.2) is 224 Å². The van der Waals surface area contributed by atoms with Crippen molar-refractivity contribution < 1.29 is 0 Å². The number of thiophene rings is 1. The van der Waals surface area contributed by atoms with E-state index in [1.165, 1.54) is 75.8 Å². The summed E-state index contributed by atoms with van der Waals surface area (Å²) in [5, 5.41) is 2.55. The zero-order valence-electron chi connectivity index (χ0n) is 30.7. The lowest BCUT2D eigenvalue weighted by Gasteiger charge is -2.29. The lowest BCUT2D eigenvalue weighted by atomic mass is 9.88. The highest BCUT2D eigenvalue weighted by molar-refractivity contribution is 7.26. The van der Waals surface area contributed by atoms with E-state index >= 15 is 0 Å². The highest BCUT2D eigenvalue weighted by Gasteiger charge is 2.23. The fraction of sp³-hybridized carbons (Fsp3) is 0. The lowest BCUT2D eigenvalue weighted by Crippen LogP contribution is -2.11. The zero-order chi connectivity index (χ0) is 37.3. The Hall–Kier alpha value is -7.00. The van der Waals surface area contributed by atoms with E-state index in [-0.39, 0.29) is 0 Å². The Labute approximate surface area is 332 Å². The minimum Gasteiger partial charge on any atom is -0.309 e. The van der Waals surface area contributed by atoms with E-state index in [1.807, 2.05) is 11.3 Å². The van der Waals surface area contributed by atoms with Crippen molar-refractivity contribution in [3.8, 4) is 55.6 Å². The lowest BCUT2D eigenvalue weighted by molar-refractivity contribution is 1.30.